The second-order valence-electron chi connectivity index (χ2n) is 4.32. The fourth-order valence-electron chi connectivity index (χ4n) is 1.29. The first-order valence-corrected chi connectivity index (χ1v) is 5.75. The number of hydrogen-bond acceptors (Lipinski definition) is 5. The third kappa shape index (κ3) is 3.79. The molecule has 17 heavy (non-hydrogen) atoms. The van der Waals surface area contributed by atoms with Gasteiger partial charge >= 0.3 is 5.97 Å². The minimum atomic E-state index is -1.16. The first-order chi connectivity index (χ1) is 7.70. The fraction of sp³-hybridized carbons (Fsp3) is 0.500. The lowest BCUT2D eigenvalue weighted by atomic mass is 10.1. The predicted molar refractivity (Wildman–Crippen MR) is 62.3 cm³/mol. The molecule has 0 saturated heterocycles. The van der Waals surface area contributed by atoms with Crippen LogP contribution in [0.25, 0.3) is 0 Å². The Morgan fingerprint density at radius 3 is 2.53 bits per heavy atom. The lowest BCUT2D eigenvalue weighted by molar-refractivity contribution is 0.0367. The molecule has 0 spiro atoms. The van der Waals surface area contributed by atoms with Crippen molar-refractivity contribution in [2.45, 2.75) is 19.4 Å². The summed E-state index contributed by atoms with van der Waals surface area (Å²) < 4.78 is 0. The molecule has 0 radical (unpaired) electrons. The van der Waals surface area contributed by atoms with Gasteiger partial charge < -0.3 is 15.1 Å². The van der Waals surface area contributed by atoms with Gasteiger partial charge in [-0.1, -0.05) is 0 Å². The molecule has 1 rings (SSSR count). The Morgan fingerprint density at radius 1 is 1.53 bits per heavy atom. The van der Waals surface area contributed by atoms with Crippen molar-refractivity contribution in [2.24, 2.45) is 0 Å². The van der Waals surface area contributed by atoms with Gasteiger partial charge in [0.05, 0.1) is 5.60 Å². The van der Waals surface area contributed by atoms with Gasteiger partial charge in [0, 0.05) is 19.0 Å². The van der Waals surface area contributed by atoms with Crippen molar-refractivity contribution in [3.63, 3.8) is 0 Å². The molecule has 0 unspecified atom stereocenters. The van der Waals surface area contributed by atoms with Crippen LogP contribution in [0.4, 0.5) is 0 Å². The topological polar surface area (TPSA) is 90.7 Å². The van der Waals surface area contributed by atoms with E-state index in [2.05, 4.69) is 4.98 Å². The number of aromatic carboxylic acids is 1. The maximum absolute atomic E-state index is 11.8. The van der Waals surface area contributed by atoms with Crippen LogP contribution >= 0.6 is 11.3 Å². The third-order valence-corrected chi connectivity index (χ3v) is 2.71. The number of likely N-dealkylation sites (N-methyl/N-ethyl adjacent to an activating group) is 1. The molecule has 0 aliphatic rings. The summed E-state index contributed by atoms with van der Waals surface area (Å²) >= 11 is 0.976. The molecule has 0 aliphatic carbocycles. The van der Waals surface area contributed by atoms with Gasteiger partial charge in [0.2, 0.25) is 0 Å². The van der Waals surface area contributed by atoms with Crippen LogP contribution in [-0.2, 0) is 0 Å². The number of nitrogens with zero attached hydrogens (tertiary/aromatic N) is 2. The number of carboxylic acid groups (broad SMARTS) is 1. The van der Waals surface area contributed by atoms with E-state index in [1.165, 1.54) is 17.3 Å². The van der Waals surface area contributed by atoms with Crippen LogP contribution in [0, 0.1) is 0 Å². The summed E-state index contributed by atoms with van der Waals surface area (Å²) in [7, 11) is 1.53. The molecule has 0 fully saturated rings. The lowest BCUT2D eigenvalue weighted by Crippen LogP contribution is -2.39. The second-order valence-corrected chi connectivity index (χ2v) is 5.17. The van der Waals surface area contributed by atoms with Crippen molar-refractivity contribution in [3.05, 3.63) is 16.1 Å². The number of hydrogen-bond donors (Lipinski definition) is 2. The number of thiazole rings is 1. The maximum Gasteiger partial charge on any atom is 0.355 e. The molecule has 0 aliphatic heterocycles. The van der Waals surface area contributed by atoms with Crippen LogP contribution in [0.5, 0.6) is 0 Å². The normalized spacial score (nSPS) is 11.3. The van der Waals surface area contributed by atoms with Crippen molar-refractivity contribution in [3.8, 4) is 0 Å². The zero-order valence-electron chi connectivity index (χ0n) is 9.80. The van der Waals surface area contributed by atoms with Crippen LogP contribution in [-0.4, -0.2) is 51.2 Å². The second kappa shape index (κ2) is 4.80. The van der Waals surface area contributed by atoms with E-state index in [4.69, 9.17) is 5.11 Å². The van der Waals surface area contributed by atoms with Gasteiger partial charge in [0.1, 0.15) is 0 Å². The molecule has 94 valence electrons. The molecular weight excluding hydrogens is 244 g/mol. The van der Waals surface area contributed by atoms with Crippen molar-refractivity contribution in [2.75, 3.05) is 13.6 Å². The van der Waals surface area contributed by atoms with Gasteiger partial charge in [-0.15, -0.1) is 11.3 Å². The molecule has 7 heteroatoms. The molecule has 0 aromatic carbocycles. The number of carbonyl (C=O) groups is 2. The highest BCUT2D eigenvalue weighted by molar-refractivity contribution is 7.11. The number of carboxylic acids is 1. The first kappa shape index (κ1) is 13.6. The van der Waals surface area contributed by atoms with E-state index >= 15 is 0 Å². The third-order valence-electron chi connectivity index (χ3n) is 1.88. The highest BCUT2D eigenvalue weighted by Crippen LogP contribution is 2.13. The standard InChI is InChI=1S/C10H14N2O4S/c1-10(2,16)5-12(3)8(13)7-11-6(4-17-7)9(14)15/h4,16H,5H2,1-3H3,(H,14,15). The minimum absolute atomic E-state index is 0.106. The van der Waals surface area contributed by atoms with Crippen molar-refractivity contribution >= 4 is 23.2 Å². The van der Waals surface area contributed by atoms with Crippen molar-refractivity contribution < 1.29 is 19.8 Å². The number of aliphatic hydroxyl groups is 1. The molecule has 2 N–H and O–H groups in total. The van der Waals surface area contributed by atoms with E-state index in [1.807, 2.05) is 0 Å². The monoisotopic (exact) mass is 258 g/mol. The molecule has 0 saturated carbocycles. The van der Waals surface area contributed by atoms with Gasteiger partial charge in [0.25, 0.3) is 5.91 Å². The molecule has 1 aromatic rings. The SMILES string of the molecule is CN(CC(C)(C)O)C(=O)c1nc(C(=O)O)cs1. The largest absolute Gasteiger partial charge is 0.476 e. The maximum atomic E-state index is 11.8. The van der Waals surface area contributed by atoms with E-state index < -0.39 is 17.5 Å². The Kier molecular flexibility index (Phi) is 3.84. The summed E-state index contributed by atoms with van der Waals surface area (Å²) in [5, 5.41) is 19.7. The van der Waals surface area contributed by atoms with Crippen LogP contribution in [0.1, 0.15) is 34.1 Å². The Morgan fingerprint density at radius 2 is 2.12 bits per heavy atom. The number of aromatic nitrogens is 1. The van der Waals surface area contributed by atoms with E-state index in [9.17, 15) is 14.7 Å². The summed E-state index contributed by atoms with van der Waals surface area (Å²) in [6.07, 6.45) is 0. The van der Waals surface area contributed by atoms with E-state index in [1.54, 1.807) is 13.8 Å². The van der Waals surface area contributed by atoms with Gasteiger partial charge in [-0.3, -0.25) is 4.79 Å². The van der Waals surface area contributed by atoms with Crippen LogP contribution in [0.2, 0.25) is 0 Å². The van der Waals surface area contributed by atoms with Crippen molar-refractivity contribution in [1.82, 2.24) is 9.88 Å². The highest BCUT2D eigenvalue weighted by Gasteiger charge is 2.23. The molecule has 0 bridgehead atoms. The summed E-state index contributed by atoms with van der Waals surface area (Å²) in [5.74, 6) is -1.56. The number of carbonyl (C=O) groups excluding carboxylic acids is 1. The van der Waals surface area contributed by atoms with Crippen LogP contribution in [0.3, 0.4) is 0 Å². The van der Waals surface area contributed by atoms with E-state index in [-0.39, 0.29) is 17.2 Å². The van der Waals surface area contributed by atoms with E-state index in [0.29, 0.717) is 0 Å². The average molecular weight is 258 g/mol. The highest BCUT2D eigenvalue weighted by atomic mass is 32.1. The number of rotatable bonds is 4. The molecule has 1 amide bonds. The summed E-state index contributed by atoms with van der Waals surface area (Å²) in [5.41, 5.74) is -1.15. The smallest absolute Gasteiger partial charge is 0.355 e. The Hall–Kier alpha value is -1.47. The average Bonchev–Trinajstić information content (AvgIpc) is 2.62. The fourth-order valence-corrected chi connectivity index (χ4v) is 2.07. The van der Waals surface area contributed by atoms with Crippen LogP contribution < -0.4 is 0 Å². The van der Waals surface area contributed by atoms with Gasteiger partial charge in [0.15, 0.2) is 10.7 Å². The molecule has 0 atom stereocenters. The Balaban J connectivity index is 2.78. The lowest BCUT2D eigenvalue weighted by Gasteiger charge is -2.24. The Labute approximate surface area is 103 Å². The van der Waals surface area contributed by atoms with Crippen molar-refractivity contribution in [1.29, 1.82) is 0 Å². The zero-order chi connectivity index (χ0) is 13.2. The summed E-state index contributed by atoms with van der Waals surface area (Å²) in [6, 6.07) is 0. The zero-order valence-corrected chi connectivity index (χ0v) is 10.6. The van der Waals surface area contributed by atoms with Gasteiger partial charge in [-0.2, -0.15) is 0 Å². The molecule has 1 heterocycles. The summed E-state index contributed by atoms with van der Waals surface area (Å²) in [6.45, 7) is 3.32. The van der Waals surface area contributed by atoms with Gasteiger partial charge in [-0.25, -0.2) is 9.78 Å². The summed E-state index contributed by atoms with van der Waals surface area (Å²) in [4.78, 5) is 27.5. The predicted octanol–water partition coefficient (Wildman–Crippen LogP) is 0.684. The Bertz CT molecular complexity index is 436. The molecule has 6 nitrogen and oxygen atoms in total. The van der Waals surface area contributed by atoms with E-state index in [0.717, 1.165) is 11.3 Å². The minimum Gasteiger partial charge on any atom is -0.476 e. The number of amides is 1. The van der Waals surface area contributed by atoms with Gasteiger partial charge in [-0.05, 0) is 13.8 Å². The first-order valence-electron chi connectivity index (χ1n) is 4.87. The molecule has 1 aromatic heterocycles. The van der Waals surface area contributed by atoms with Crippen LogP contribution in [0.15, 0.2) is 5.38 Å². The molecular formula is C10H14N2O4S. The quantitative estimate of drug-likeness (QED) is 0.829.